The van der Waals surface area contributed by atoms with Crippen molar-refractivity contribution in [1.82, 2.24) is 25.2 Å². The lowest BCUT2D eigenvalue weighted by Crippen LogP contribution is -2.49. The summed E-state index contributed by atoms with van der Waals surface area (Å²) in [5.74, 6) is 1.15. The molecule has 0 spiro atoms. The molecule has 1 atom stereocenters. The number of anilines is 3. The predicted octanol–water partition coefficient (Wildman–Crippen LogP) is 4.72. The highest BCUT2D eigenvalue weighted by Gasteiger charge is 2.34. The SMILES string of the molecule is C=CC(=O)N1CCC[C@@H](NC(=O)c2sc3nccc4c3c2NC(=O)N4c2ccnc(C3CCCCC3)n2)C1. The summed E-state index contributed by atoms with van der Waals surface area (Å²) in [7, 11) is 0. The van der Waals surface area contributed by atoms with Crippen LogP contribution in [0.25, 0.3) is 10.2 Å². The largest absolute Gasteiger partial charge is 0.347 e. The van der Waals surface area contributed by atoms with Crippen LogP contribution < -0.4 is 15.5 Å². The molecule has 1 saturated carbocycles. The van der Waals surface area contributed by atoms with Crippen LogP contribution in [0.2, 0.25) is 0 Å². The number of nitrogens with zero attached hydrogens (tertiary/aromatic N) is 5. The fraction of sp³-hybridized carbons (Fsp3) is 0.407. The highest BCUT2D eigenvalue weighted by Crippen LogP contribution is 2.45. The molecule has 0 radical (unpaired) electrons. The molecule has 4 amide bonds. The Balaban J connectivity index is 1.30. The molecule has 196 valence electrons. The first kappa shape index (κ1) is 24.5. The maximum Gasteiger partial charge on any atom is 0.332 e. The van der Waals surface area contributed by atoms with Crippen LogP contribution >= 0.6 is 11.3 Å². The molecule has 5 heterocycles. The second-order valence-electron chi connectivity index (χ2n) is 9.99. The second kappa shape index (κ2) is 10.1. The Hall–Kier alpha value is -3.86. The van der Waals surface area contributed by atoms with Gasteiger partial charge in [0.15, 0.2) is 0 Å². The van der Waals surface area contributed by atoms with E-state index < -0.39 is 0 Å². The van der Waals surface area contributed by atoms with Crippen LogP contribution in [0.3, 0.4) is 0 Å². The van der Waals surface area contributed by atoms with Gasteiger partial charge < -0.3 is 15.5 Å². The second-order valence-corrected chi connectivity index (χ2v) is 11.0. The molecule has 3 aromatic rings. The van der Waals surface area contributed by atoms with E-state index in [1.807, 2.05) is 0 Å². The minimum absolute atomic E-state index is 0.140. The zero-order valence-electron chi connectivity index (χ0n) is 21.0. The Kier molecular flexibility index (Phi) is 6.52. The topological polar surface area (TPSA) is 120 Å². The van der Waals surface area contributed by atoms with Gasteiger partial charge in [0, 0.05) is 37.4 Å². The van der Waals surface area contributed by atoms with Gasteiger partial charge in [0.25, 0.3) is 5.91 Å². The minimum Gasteiger partial charge on any atom is -0.347 e. The number of rotatable bonds is 5. The maximum atomic E-state index is 13.5. The van der Waals surface area contributed by atoms with E-state index in [0.717, 1.165) is 31.5 Å². The van der Waals surface area contributed by atoms with E-state index in [9.17, 15) is 14.4 Å². The summed E-state index contributed by atoms with van der Waals surface area (Å²) in [6.45, 7) is 4.64. The molecule has 10 nitrogen and oxygen atoms in total. The highest BCUT2D eigenvalue weighted by atomic mass is 32.1. The number of pyridine rings is 1. The number of aromatic nitrogens is 3. The van der Waals surface area contributed by atoms with E-state index in [1.165, 1.54) is 36.7 Å². The summed E-state index contributed by atoms with van der Waals surface area (Å²) in [5, 5.41) is 6.70. The smallest absolute Gasteiger partial charge is 0.332 e. The molecule has 1 saturated heterocycles. The Bertz CT molecular complexity index is 1430. The summed E-state index contributed by atoms with van der Waals surface area (Å²) in [6.07, 6.45) is 11.9. The quantitative estimate of drug-likeness (QED) is 0.460. The van der Waals surface area contributed by atoms with E-state index >= 15 is 0 Å². The Labute approximate surface area is 224 Å². The lowest BCUT2D eigenvalue weighted by atomic mass is 9.89. The van der Waals surface area contributed by atoms with Gasteiger partial charge in [0.05, 0.1) is 16.8 Å². The average molecular weight is 532 g/mol. The van der Waals surface area contributed by atoms with Crippen LogP contribution in [0.4, 0.5) is 22.0 Å². The molecule has 11 heteroatoms. The number of nitrogens with one attached hydrogen (secondary N) is 2. The molecule has 38 heavy (non-hydrogen) atoms. The summed E-state index contributed by atoms with van der Waals surface area (Å²) in [5.41, 5.74) is 1.10. The number of urea groups is 1. The van der Waals surface area contributed by atoms with E-state index in [2.05, 4.69) is 27.2 Å². The van der Waals surface area contributed by atoms with Crippen molar-refractivity contribution in [2.75, 3.05) is 23.3 Å². The zero-order chi connectivity index (χ0) is 26.2. The molecular weight excluding hydrogens is 502 g/mol. The minimum atomic E-state index is -0.383. The Morgan fingerprint density at radius 3 is 2.74 bits per heavy atom. The summed E-state index contributed by atoms with van der Waals surface area (Å²) >= 11 is 1.24. The number of thiophene rings is 1. The average Bonchev–Trinajstić information content (AvgIpc) is 3.33. The molecule has 2 N–H and O–H groups in total. The van der Waals surface area contributed by atoms with Gasteiger partial charge in [0.1, 0.15) is 21.3 Å². The van der Waals surface area contributed by atoms with Crippen molar-refractivity contribution in [3.63, 3.8) is 0 Å². The van der Waals surface area contributed by atoms with Gasteiger partial charge in [-0.25, -0.2) is 24.6 Å². The Morgan fingerprint density at radius 1 is 1.11 bits per heavy atom. The maximum absolute atomic E-state index is 13.5. The fourth-order valence-electron chi connectivity index (χ4n) is 5.69. The van der Waals surface area contributed by atoms with Gasteiger partial charge in [0.2, 0.25) is 5.91 Å². The van der Waals surface area contributed by atoms with Crippen LogP contribution in [0.1, 0.15) is 66.4 Å². The summed E-state index contributed by atoms with van der Waals surface area (Å²) in [6, 6.07) is 2.95. The first-order chi connectivity index (χ1) is 18.5. The Morgan fingerprint density at radius 2 is 1.92 bits per heavy atom. The third kappa shape index (κ3) is 4.40. The predicted molar refractivity (Wildman–Crippen MR) is 146 cm³/mol. The van der Waals surface area contributed by atoms with Gasteiger partial charge in [-0.05, 0) is 43.9 Å². The molecule has 0 unspecified atom stereocenters. The van der Waals surface area contributed by atoms with Crippen LogP contribution in [-0.4, -0.2) is 56.8 Å². The number of amides is 4. The standard InChI is InChI=1S/C27H29N7O3S/c1-2-20(35)33-14-6-9-17(15-33)30-25(36)23-22-21-18(10-12-29-26(21)38-23)34(27(37)32-22)19-11-13-28-24(31-19)16-7-4-3-5-8-16/h2,10-13,16-17H,1,3-9,14-15H2,(H,30,36)(H,32,37)/t17-/m1/s1. The zero-order valence-corrected chi connectivity index (χ0v) is 21.8. The third-order valence-electron chi connectivity index (χ3n) is 7.55. The number of carbonyl (C=O) groups excluding carboxylic acids is 3. The first-order valence-corrected chi connectivity index (χ1v) is 13.9. The molecule has 6 rings (SSSR count). The molecule has 1 aliphatic carbocycles. The number of likely N-dealkylation sites (tertiary alicyclic amines) is 1. The van der Waals surface area contributed by atoms with Crippen molar-refractivity contribution in [3.8, 4) is 0 Å². The molecule has 2 aliphatic heterocycles. The van der Waals surface area contributed by atoms with Crippen LogP contribution in [0.5, 0.6) is 0 Å². The van der Waals surface area contributed by atoms with Gasteiger partial charge in [-0.3, -0.25) is 9.59 Å². The van der Waals surface area contributed by atoms with Crippen molar-refractivity contribution in [2.24, 2.45) is 0 Å². The first-order valence-electron chi connectivity index (χ1n) is 13.1. The lowest BCUT2D eigenvalue weighted by molar-refractivity contribution is -0.127. The van der Waals surface area contributed by atoms with Crippen LogP contribution in [-0.2, 0) is 4.79 Å². The van der Waals surface area contributed by atoms with Crippen molar-refractivity contribution in [3.05, 3.63) is 47.9 Å². The van der Waals surface area contributed by atoms with E-state index in [1.54, 1.807) is 34.3 Å². The van der Waals surface area contributed by atoms with Crippen molar-refractivity contribution < 1.29 is 14.4 Å². The monoisotopic (exact) mass is 531 g/mol. The van der Waals surface area contributed by atoms with E-state index in [0.29, 0.717) is 51.3 Å². The van der Waals surface area contributed by atoms with Gasteiger partial charge in [-0.2, -0.15) is 0 Å². The molecule has 3 aliphatic rings. The van der Waals surface area contributed by atoms with Crippen LogP contribution in [0.15, 0.2) is 37.2 Å². The van der Waals surface area contributed by atoms with Gasteiger partial charge in [-0.1, -0.05) is 25.8 Å². The number of hydrogen-bond acceptors (Lipinski definition) is 7. The molecule has 3 aromatic heterocycles. The number of hydrogen-bond donors (Lipinski definition) is 2. The van der Waals surface area contributed by atoms with E-state index in [-0.39, 0.29) is 23.9 Å². The number of carbonyl (C=O) groups is 3. The summed E-state index contributed by atoms with van der Waals surface area (Å²) in [4.78, 5) is 57.0. The molecule has 0 bridgehead atoms. The van der Waals surface area contributed by atoms with Crippen LogP contribution in [0, 0.1) is 0 Å². The van der Waals surface area contributed by atoms with Crippen molar-refractivity contribution in [1.29, 1.82) is 0 Å². The fourth-order valence-corrected chi connectivity index (χ4v) is 6.72. The summed E-state index contributed by atoms with van der Waals surface area (Å²) < 4.78 is 0. The van der Waals surface area contributed by atoms with Crippen molar-refractivity contribution >= 4 is 56.6 Å². The third-order valence-corrected chi connectivity index (χ3v) is 8.65. The lowest BCUT2D eigenvalue weighted by Gasteiger charge is -2.32. The van der Waals surface area contributed by atoms with Gasteiger partial charge >= 0.3 is 6.03 Å². The van der Waals surface area contributed by atoms with Crippen molar-refractivity contribution in [2.45, 2.75) is 56.9 Å². The normalized spacial score (nSPS) is 19.8. The molecular formula is C27H29N7O3S. The molecule has 0 aromatic carbocycles. The van der Waals surface area contributed by atoms with E-state index in [4.69, 9.17) is 4.98 Å². The highest BCUT2D eigenvalue weighted by molar-refractivity contribution is 7.21. The van der Waals surface area contributed by atoms with Gasteiger partial charge in [-0.15, -0.1) is 11.3 Å². The number of piperidine rings is 1. The molecule has 2 fully saturated rings.